The first kappa shape index (κ1) is 25.8. The molecule has 2 aliphatic heterocycles. The first-order valence-corrected chi connectivity index (χ1v) is 18.8. The van der Waals surface area contributed by atoms with Crippen molar-refractivity contribution in [2.45, 2.75) is 0 Å². The van der Waals surface area contributed by atoms with Gasteiger partial charge >= 0.3 is 30.3 Å². The third-order valence-corrected chi connectivity index (χ3v) is 7.46. The van der Waals surface area contributed by atoms with Crippen molar-refractivity contribution < 1.29 is 3.90 Å². The molecule has 0 spiro atoms. The maximum atomic E-state index is 7.52. The number of hydrogen-bond donors (Lipinski definition) is 3. The van der Waals surface area contributed by atoms with Gasteiger partial charge in [0.25, 0.3) is 0 Å². The molecule has 3 N–H and O–H groups in total. The summed E-state index contributed by atoms with van der Waals surface area (Å²) < 4.78 is 7.52. The van der Waals surface area contributed by atoms with Gasteiger partial charge in [0.2, 0.25) is 0 Å². The van der Waals surface area contributed by atoms with E-state index in [0.717, 1.165) is 43.8 Å². The Hall–Kier alpha value is -4.87. The summed E-state index contributed by atoms with van der Waals surface area (Å²) in [6.07, 6.45) is 0. The molecule has 204 valence electrons. The average Bonchev–Trinajstić information content (AvgIpc) is 3.77. The summed E-state index contributed by atoms with van der Waals surface area (Å²) in [4.78, 5) is 36.8. The number of hydrogen-bond acceptors (Lipinski definition) is 7. The fourth-order valence-corrected chi connectivity index (χ4v) is 5.59. The molecule has 7 aromatic rings. The normalized spacial score (nSPS) is 11.5. The first-order chi connectivity index (χ1) is 21.2. The number of aromatic amines is 2. The van der Waals surface area contributed by atoms with Crippen molar-refractivity contribution in [3.8, 4) is 45.6 Å². The number of halogens is 1. The van der Waals surface area contributed by atoms with E-state index < -0.39 is 16.8 Å². The smallest absolute Gasteiger partial charge is 0.164 e. The van der Waals surface area contributed by atoms with E-state index in [9.17, 15) is 0 Å². The Labute approximate surface area is 256 Å². The van der Waals surface area contributed by atoms with Crippen LogP contribution in [0.4, 0.5) is 0 Å². The molecule has 0 radical (unpaired) electrons. The summed E-state index contributed by atoms with van der Waals surface area (Å²) in [7, 11) is 4.74. The number of rotatable bonds is 0. The van der Waals surface area contributed by atoms with E-state index in [1.807, 2.05) is 97.1 Å². The van der Waals surface area contributed by atoms with Crippen LogP contribution in [0.15, 0.2) is 97.1 Å². The van der Waals surface area contributed by atoms with Gasteiger partial charge in [-0.3, -0.25) is 0 Å². The van der Waals surface area contributed by atoms with Crippen LogP contribution in [0.5, 0.6) is 0 Å². The predicted octanol–water partition coefficient (Wildman–Crippen LogP) is 6.35. The minimum atomic E-state index is -1.40. The van der Waals surface area contributed by atoms with E-state index in [-0.39, 0.29) is 0 Å². The number of fused-ring (bicyclic) bond motifs is 20. The Morgan fingerprint density at radius 3 is 0.907 bits per heavy atom. The van der Waals surface area contributed by atoms with E-state index in [1.54, 1.807) is 0 Å². The van der Waals surface area contributed by atoms with Gasteiger partial charge in [0.05, 0.1) is 0 Å². The van der Waals surface area contributed by atoms with Crippen molar-refractivity contribution >= 4 is 70.5 Å². The van der Waals surface area contributed by atoms with Crippen molar-refractivity contribution in [3.63, 3.8) is 0 Å². The van der Waals surface area contributed by atoms with Crippen LogP contribution in [-0.2, 0) is 0 Å². The third kappa shape index (κ3) is 4.31. The summed E-state index contributed by atoms with van der Waals surface area (Å²) in [5, 5.41) is 3.82. The molecule has 8 bridgehead atoms. The maximum Gasteiger partial charge on any atom is 0.164 e. The van der Waals surface area contributed by atoms with Crippen LogP contribution in [0, 0.1) is 0 Å². The van der Waals surface area contributed by atoms with E-state index in [4.69, 9.17) is 43.4 Å². The number of nitrogens with zero attached hydrogens (tertiary/aromatic N) is 6. The third-order valence-electron chi connectivity index (χ3n) is 7.46. The minimum absolute atomic E-state index is 0.597. The summed E-state index contributed by atoms with van der Waals surface area (Å²) in [5.41, 5.74) is 6.45. The molecule has 9 nitrogen and oxygen atoms in total. The monoisotopic (exact) mass is 636 g/mol. The Bertz CT molecular complexity index is 2070. The van der Waals surface area contributed by atoms with Gasteiger partial charge in [-0.2, -0.15) is 0 Å². The molecule has 9 rings (SSSR count). The second-order valence-electron chi connectivity index (χ2n) is 9.91. The number of benzene rings is 4. The van der Waals surface area contributed by atoms with Crippen LogP contribution in [-0.4, -0.2) is 60.5 Å². The van der Waals surface area contributed by atoms with Crippen LogP contribution in [0.2, 0.25) is 0 Å². The van der Waals surface area contributed by atoms with Gasteiger partial charge in [0, 0.05) is 43.8 Å². The Balaban J connectivity index is 0.000000892. The van der Waals surface area contributed by atoms with Crippen molar-refractivity contribution in [3.05, 3.63) is 97.1 Å². The van der Waals surface area contributed by atoms with Gasteiger partial charge in [0.15, 0.2) is 23.3 Å². The molecular formula is C32H20ClGaN8O. The molecule has 0 amide bonds. The van der Waals surface area contributed by atoms with E-state index in [0.29, 0.717) is 45.9 Å². The molecule has 43 heavy (non-hydrogen) atoms. The van der Waals surface area contributed by atoms with E-state index in [1.165, 1.54) is 0 Å². The van der Waals surface area contributed by atoms with E-state index >= 15 is 0 Å². The van der Waals surface area contributed by atoms with Crippen LogP contribution < -0.4 is 0 Å². The molecule has 0 atom stereocenters. The topological polar surface area (TPSA) is 129 Å². The molecule has 0 saturated carbocycles. The van der Waals surface area contributed by atoms with Gasteiger partial charge in [-0.15, -0.1) is 0 Å². The van der Waals surface area contributed by atoms with Gasteiger partial charge in [-0.05, 0) is 0 Å². The summed E-state index contributed by atoms with van der Waals surface area (Å²) >= 11 is -1.40. The van der Waals surface area contributed by atoms with Crippen molar-refractivity contribution in [1.29, 1.82) is 0 Å². The zero-order chi connectivity index (χ0) is 28.9. The minimum Gasteiger partial charge on any atom is -0.324 e. The van der Waals surface area contributed by atoms with Crippen LogP contribution in [0.3, 0.4) is 0 Å². The van der Waals surface area contributed by atoms with Crippen LogP contribution in [0.25, 0.3) is 89.7 Å². The average molecular weight is 638 g/mol. The quantitative estimate of drug-likeness (QED) is 0.165. The number of nitrogens with one attached hydrogen (secondary N) is 2. The van der Waals surface area contributed by atoms with E-state index in [2.05, 4.69) is 9.97 Å². The van der Waals surface area contributed by atoms with Gasteiger partial charge in [0.1, 0.15) is 22.6 Å². The van der Waals surface area contributed by atoms with Gasteiger partial charge in [-0.1, -0.05) is 97.1 Å². The fraction of sp³-hybridized carbons (Fsp3) is 0. The molecule has 0 fully saturated rings. The van der Waals surface area contributed by atoms with Crippen molar-refractivity contribution in [1.82, 2.24) is 39.9 Å². The largest absolute Gasteiger partial charge is 0.324 e. The molecule has 0 aliphatic carbocycles. The molecule has 0 unspecified atom stereocenters. The Morgan fingerprint density at radius 2 is 0.651 bits per heavy atom. The summed E-state index contributed by atoms with van der Waals surface area (Å²) in [5.74, 6) is 2.39. The first-order valence-electron chi connectivity index (χ1n) is 13.6. The van der Waals surface area contributed by atoms with Gasteiger partial charge in [-0.25, -0.2) is 29.9 Å². The second-order valence-corrected chi connectivity index (χ2v) is 11.7. The van der Waals surface area contributed by atoms with Crippen molar-refractivity contribution in [2.24, 2.45) is 0 Å². The van der Waals surface area contributed by atoms with Gasteiger partial charge < -0.3 is 9.97 Å². The zero-order valence-electron chi connectivity index (χ0n) is 22.5. The summed E-state index contributed by atoms with van der Waals surface area (Å²) in [6, 6.07) is 32.2. The molecule has 4 aromatic carbocycles. The van der Waals surface area contributed by atoms with Crippen LogP contribution >= 0.6 is 9.64 Å². The molecule has 11 heteroatoms. The number of H-pyrrole nitrogens is 2. The van der Waals surface area contributed by atoms with Crippen molar-refractivity contribution in [2.75, 3.05) is 0 Å². The second kappa shape index (κ2) is 10.4. The molecular weight excluding hydrogens is 618 g/mol. The molecule has 5 heterocycles. The maximum absolute atomic E-state index is 7.52. The molecule has 3 aromatic heterocycles. The van der Waals surface area contributed by atoms with Crippen LogP contribution in [0.1, 0.15) is 0 Å². The molecule has 0 saturated heterocycles. The predicted molar refractivity (Wildman–Crippen MR) is 171 cm³/mol. The fourth-order valence-electron chi connectivity index (χ4n) is 5.59. The molecule has 2 aliphatic rings. The standard InChI is InChI=1S/C32H18N8.ClH.Ga.H2O.H/c1-2-10-18-17(9-1)25-33-26(18)38-28-21-13-5-6-14-22(21)30(35-28)40-32-24-16-8-7-15-23(24)31(36-32)39-29-20-12-4-3-11-19(20)27(34-29)37-25;;;;/h1-16H,(H2,33,34,35,36,37,38,39,40);1H;;1H2;/q;;+2;;/p-2. The summed E-state index contributed by atoms with van der Waals surface area (Å²) in [6.45, 7) is 0. The zero-order valence-corrected chi connectivity index (χ0v) is 26.2. The Morgan fingerprint density at radius 1 is 0.419 bits per heavy atom. The Kier molecular flexibility index (Phi) is 6.27. The SMILES string of the molecule is [OH][GaH][Cl].c1ccc2c(c1)-c1nc-2nc2[nH]c(nc3nc(nc4[nH]c(n1)c1ccccc41)-c1ccccc1-3)c1ccccc21. The number of aromatic nitrogens is 8.